The van der Waals surface area contributed by atoms with E-state index in [0.29, 0.717) is 12.3 Å². The van der Waals surface area contributed by atoms with Gasteiger partial charge in [-0.25, -0.2) is 0 Å². The van der Waals surface area contributed by atoms with Gasteiger partial charge in [0.15, 0.2) is 11.5 Å². The first-order chi connectivity index (χ1) is 9.28. The zero-order chi connectivity index (χ0) is 14.9. The molecule has 0 radical (unpaired) electrons. The van der Waals surface area contributed by atoms with Crippen molar-refractivity contribution < 1.29 is 14.9 Å². The lowest BCUT2D eigenvalue weighted by Crippen LogP contribution is -2.38. The van der Waals surface area contributed by atoms with Crippen molar-refractivity contribution in [1.82, 2.24) is 5.32 Å². The summed E-state index contributed by atoms with van der Waals surface area (Å²) in [7, 11) is 0. The van der Waals surface area contributed by atoms with Gasteiger partial charge >= 0.3 is 0 Å². The number of β-amino-alcohol motifs (C(OH)–C–C–N with tert-alkyl or cyclic N) is 1. The van der Waals surface area contributed by atoms with Gasteiger partial charge in [0.05, 0.1) is 6.10 Å². The largest absolute Gasteiger partial charge is 0.387 e. The minimum Gasteiger partial charge on any atom is -0.387 e. The summed E-state index contributed by atoms with van der Waals surface area (Å²) in [6.07, 6.45) is -0.546. The van der Waals surface area contributed by atoms with Crippen molar-refractivity contribution in [2.45, 2.75) is 46.3 Å². The van der Waals surface area contributed by atoms with E-state index >= 15 is 0 Å². The molecule has 1 atom stereocenters. The van der Waals surface area contributed by atoms with Crippen molar-refractivity contribution in [2.75, 3.05) is 6.54 Å². The first-order valence-electron chi connectivity index (χ1n) is 6.87. The maximum absolute atomic E-state index is 10.3. The van der Waals surface area contributed by atoms with Crippen LogP contribution in [-0.2, 0) is 4.89 Å². The second kappa shape index (κ2) is 5.46. The maximum atomic E-state index is 10.3. The summed E-state index contributed by atoms with van der Waals surface area (Å²) in [5, 5.41) is 13.6. The second-order valence-electron chi connectivity index (χ2n) is 6.25. The third-order valence-corrected chi connectivity index (χ3v) is 3.40. The van der Waals surface area contributed by atoms with Crippen LogP contribution in [0.15, 0.2) is 24.0 Å². The van der Waals surface area contributed by atoms with E-state index in [-0.39, 0.29) is 5.54 Å². The lowest BCUT2D eigenvalue weighted by molar-refractivity contribution is -0.168. The molecular formula is C16H23NO3. The van der Waals surface area contributed by atoms with Gasteiger partial charge in [0.25, 0.3) is 0 Å². The fourth-order valence-corrected chi connectivity index (χ4v) is 2.00. The van der Waals surface area contributed by atoms with E-state index in [4.69, 9.17) is 9.78 Å². The van der Waals surface area contributed by atoms with Crippen LogP contribution >= 0.6 is 0 Å². The number of aliphatic hydroxyl groups excluding tert-OH is 1. The summed E-state index contributed by atoms with van der Waals surface area (Å²) < 4.78 is 0. The molecule has 1 aromatic carbocycles. The first-order valence-corrected chi connectivity index (χ1v) is 6.87. The lowest BCUT2D eigenvalue weighted by Gasteiger charge is -2.24. The third kappa shape index (κ3) is 3.32. The first kappa shape index (κ1) is 14.9. The molecule has 1 aliphatic rings. The van der Waals surface area contributed by atoms with E-state index in [1.165, 1.54) is 0 Å². The van der Waals surface area contributed by atoms with Crippen LogP contribution in [-0.4, -0.2) is 17.2 Å². The van der Waals surface area contributed by atoms with Gasteiger partial charge in [0, 0.05) is 23.2 Å². The molecule has 2 rings (SSSR count). The SMILES string of the molecule is CC1=C(C)c2cc(C(O)CNC(C)(C)C)ccc2OO1. The van der Waals surface area contributed by atoms with Gasteiger partial charge in [-0.3, -0.25) is 9.78 Å². The second-order valence-corrected chi connectivity index (χ2v) is 6.25. The predicted molar refractivity (Wildman–Crippen MR) is 79.1 cm³/mol. The third-order valence-electron chi connectivity index (χ3n) is 3.40. The number of allylic oxidation sites excluding steroid dienone is 2. The molecule has 20 heavy (non-hydrogen) atoms. The van der Waals surface area contributed by atoms with Crippen LogP contribution in [0.1, 0.15) is 51.8 Å². The van der Waals surface area contributed by atoms with Crippen LogP contribution < -0.4 is 10.2 Å². The topological polar surface area (TPSA) is 50.7 Å². The molecule has 2 N–H and O–H groups in total. The molecular weight excluding hydrogens is 254 g/mol. The number of aliphatic hydroxyl groups is 1. The minimum absolute atomic E-state index is 0.0153. The van der Waals surface area contributed by atoms with E-state index in [9.17, 15) is 5.11 Å². The molecule has 1 aliphatic heterocycles. The number of fused-ring (bicyclic) bond motifs is 1. The van der Waals surface area contributed by atoms with Crippen LogP contribution in [0, 0.1) is 0 Å². The zero-order valence-corrected chi connectivity index (χ0v) is 12.8. The lowest BCUT2D eigenvalue weighted by atomic mass is 9.99. The predicted octanol–water partition coefficient (Wildman–Crippen LogP) is 3.18. The Morgan fingerprint density at radius 3 is 2.55 bits per heavy atom. The Morgan fingerprint density at radius 2 is 1.90 bits per heavy atom. The molecule has 0 saturated heterocycles. The van der Waals surface area contributed by atoms with Crippen LogP contribution in [0.3, 0.4) is 0 Å². The summed E-state index contributed by atoms with van der Waals surface area (Å²) >= 11 is 0. The van der Waals surface area contributed by atoms with Gasteiger partial charge in [0.1, 0.15) is 0 Å². The highest BCUT2D eigenvalue weighted by atomic mass is 17.2. The average Bonchev–Trinajstić information content (AvgIpc) is 2.39. The Bertz CT molecular complexity index is 529. The van der Waals surface area contributed by atoms with E-state index in [2.05, 4.69) is 26.1 Å². The number of rotatable bonds is 3. The maximum Gasteiger partial charge on any atom is 0.186 e. The quantitative estimate of drug-likeness (QED) is 0.833. The summed E-state index contributed by atoms with van der Waals surface area (Å²) in [5.74, 6) is 1.43. The number of hydrogen-bond donors (Lipinski definition) is 2. The van der Waals surface area contributed by atoms with Crippen molar-refractivity contribution in [3.8, 4) is 5.75 Å². The Labute approximate surface area is 120 Å². The van der Waals surface area contributed by atoms with Gasteiger partial charge in [-0.05, 0) is 52.3 Å². The summed E-state index contributed by atoms with van der Waals surface area (Å²) in [5.41, 5.74) is 2.86. The number of hydrogen-bond acceptors (Lipinski definition) is 4. The molecule has 0 bridgehead atoms. The number of nitrogens with one attached hydrogen (secondary N) is 1. The van der Waals surface area contributed by atoms with Gasteiger partial charge in [-0.15, -0.1) is 0 Å². The van der Waals surface area contributed by atoms with Crippen molar-refractivity contribution in [3.63, 3.8) is 0 Å². The highest BCUT2D eigenvalue weighted by Gasteiger charge is 2.20. The molecule has 0 saturated carbocycles. The van der Waals surface area contributed by atoms with E-state index in [1.807, 2.05) is 32.0 Å². The fourth-order valence-electron chi connectivity index (χ4n) is 2.00. The number of benzene rings is 1. The minimum atomic E-state index is -0.546. The van der Waals surface area contributed by atoms with Crippen LogP contribution in [0.25, 0.3) is 5.57 Å². The highest BCUT2D eigenvalue weighted by Crippen LogP contribution is 2.35. The van der Waals surface area contributed by atoms with Gasteiger partial charge in [-0.2, -0.15) is 0 Å². The van der Waals surface area contributed by atoms with E-state index < -0.39 is 6.10 Å². The molecule has 0 aliphatic carbocycles. The van der Waals surface area contributed by atoms with Crippen LogP contribution in [0.4, 0.5) is 0 Å². The fraction of sp³-hybridized carbons (Fsp3) is 0.500. The van der Waals surface area contributed by atoms with Gasteiger partial charge in [0.2, 0.25) is 0 Å². The molecule has 1 unspecified atom stereocenters. The van der Waals surface area contributed by atoms with E-state index in [1.54, 1.807) is 0 Å². The van der Waals surface area contributed by atoms with Gasteiger partial charge < -0.3 is 10.4 Å². The molecule has 0 amide bonds. The summed E-state index contributed by atoms with van der Waals surface area (Å²) in [6, 6.07) is 5.66. The zero-order valence-electron chi connectivity index (χ0n) is 12.8. The highest BCUT2D eigenvalue weighted by molar-refractivity contribution is 5.71. The molecule has 1 heterocycles. The van der Waals surface area contributed by atoms with E-state index in [0.717, 1.165) is 22.5 Å². The monoisotopic (exact) mass is 277 g/mol. The Hall–Kier alpha value is -1.52. The molecule has 110 valence electrons. The molecule has 4 heteroatoms. The van der Waals surface area contributed by atoms with Crippen molar-refractivity contribution in [2.24, 2.45) is 0 Å². The van der Waals surface area contributed by atoms with Crippen LogP contribution in [0.5, 0.6) is 5.75 Å². The molecule has 0 fully saturated rings. The van der Waals surface area contributed by atoms with Crippen molar-refractivity contribution in [1.29, 1.82) is 0 Å². The molecule has 0 spiro atoms. The van der Waals surface area contributed by atoms with Crippen molar-refractivity contribution in [3.05, 3.63) is 35.1 Å². The molecule has 4 nitrogen and oxygen atoms in total. The van der Waals surface area contributed by atoms with Gasteiger partial charge in [-0.1, -0.05) is 6.07 Å². The van der Waals surface area contributed by atoms with Crippen molar-refractivity contribution >= 4 is 5.57 Å². The average molecular weight is 277 g/mol. The van der Waals surface area contributed by atoms with Crippen LogP contribution in [0.2, 0.25) is 0 Å². The molecule has 1 aromatic rings. The Balaban J connectivity index is 2.19. The summed E-state index contributed by atoms with van der Waals surface area (Å²) in [4.78, 5) is 10.3. The summed E-state index contributed by atoms with van der Waals surface area (Å²) in [6.45, 7) is 10.6. The normalized spacial score (nSPS) is 16.3. The molecule has 0 aromatic heterocycles. The Morgan fingerprint density at radius 1 is 1.20 bits per heavy atom. The Kier molecular flexibility index (Phi) is 4.06. The standard InChI is InChI=1S/C16H23NO3/c1-10-11(2)19-20-15-7-6-12(8-13(10)15)14(18)9-17-16(3,4)5/h6-8,14,17-18H,9H2,1-5H3. The smallest absolute Gasteiger partial charge is 0.186 e.